The number of rotatable bonds is 2. The maximum absolute atomic E-state index is 12.4. The second-order valence-electron chi connectivity index (χ2n) is 5.63. The van der Waals surface area contributed by atoms with Gasteiger partial charge in [0.2, 0.25) is 6.79 Å². The van der Waals surface area contributed by atoms with Crippen LogP contribution in [-0.2, 0) is 4.79 Å². The van der Waals surface area contributed by atoms with E-state index in [2.05, 4.69) is 0 Å². The van der Waals surface area contributed by atoms with Gasteiger partial charge < -0.3 is 14.6 Å². The molecule has 2 aliphatic rings. The Labute approximate surface area is 133 Å². The molecule has 2 aromatic carbocycles. The number of hydrogen-bond donors (Lipinski definition) is 1. The Kier molecular flexibility index (Phi) is 3.01. The number of nitrogens with zero attached hydrogens (tertiary/aromatic N) is 1. The van der Waals surface area contributed by atoms with Gasteiger partial charge in [0.25, 0.3) is 5.91 Å². The van der Waals surface area contributed by atoms with Crippen molar-refractivity contribution in [2.75, 3.05) is 11.7 Å². The van der Waals surface area contributed by atoms with Crippen LogP contribution < -0.4 is 14.4 Å². The molecule has 2 aromatic rings. The lowest BCUT2D eigenvalue weighted by molar-refractivity contribution is -0.113. The summed E-state index contributed by atoms with van der Waals surface area (Å²) in [5.74, 6) is 1.04. The fraction of sp³-hybridized carbons (Fsp3) is 0.167. The third kappa shape index (κ3) is 2.21. The van der Waals surface area contributed by atoms with Gasteiger partial charge in [-0.15, -0.1) is 0 Å². The Morgan fingerprint density at radius 3 is 2.61 bits per heavy atom. The first-order chi connectivity index (χ1) is 11.1. The zero-order valence-electron chi connectivity index (χ0n) is 12.5. The quantitative estimate of drug-likeness (QED) is 0.925. The van der Waals surface area contributed by atoms with Gasteiger partial charge in [0.05, 0.1) is 0 Å². The molecule has 0 radical (unpaired) electrons. The summed E-state index contributed by atoms with van der Waals surface area (Å²) >= 11 is 0. The fourth-order valence-corrected chi connectivity index (χ4v) is 2.91. The molecule has 0 saturated carbocycles. The summed E-state index contributed by atoms with van der Waals surface area (Å²) in [5.41, 5.74) is 2.63. The maximum Gasteiger partial charge on any atom is 0.255 e. The van der Waals surface area contributed by atoms with Crippen molar-refractivity contribution >= 4 is 11.6 Å². The van der Waals surface area contributed by atoms with E-state index >= 15 is 0 Å². The number of fused-ring (bicyclic) bond motifs is 1. The van der Waals surface area contributed by atoms with Crippen molar-refractivity contribution in [2.24, 2.45) is 0 Å². The number of hydrogen-bond acceptors (Lipinski definition) is 4. The van der Waals surface area contributed by atoms with Crippen LogP contribution in [0.2, 0.25) is 0 Å². The highest BCUT2D eigenvalue weighted by Gasteiger charge is 2.35. The zero-order valence-corrected chi connectivity index (χ0v) is 12.5. The lowest BCUT2D eigenvalue weighted by Gasteiger charge is -2.26. The Bertz CT molecular complexity index is 810. The predicted molar refractivity (Wildman–Crippen MR) is 84.7 cm³/mol. The largest absolute Gasteiger partial charge is 0.510 e. The second kappa shape index (κ2) is 5.05. The van der Waals surface area contributed by atoms with Gasteiger partial charge in [0.1, 0.15) is 11.8 Å². The molecule has 0 aromatic heterocycles. The minimum Gasteiger partial charge on any atom is -0.510 e. The molecule has 23 heavy (non-hydrogen) atoms. The van der Waals surface area contributed by atoms with Crippen LogP contribution in [0.5, 0.6) is 11.5 Å². The standard InChI is InChI=1S/C18H15NO4/c1-11-2-4-12(5-3-11)18-14(20)9-17(21)19(18)13-6-7-15-16(8-13)23-10-22-15/h2-9,18,20H,10H2,1H3. The summed E-state index contributed by atoms with van der Waals surface area (Å²) in [5, 5.41) is 10.2. The fourth-order valence-electron chi connectivity index (χ4n) is 2.91. The van der Waals surface area contributed by atoms with Crippen LogP contribution in [-0.4, -0.2) is 17.8 Å². The monoisotopic (exact) mass is 309 g/mol. The Morgan fingerprint density at radius 1 is 1.09 bits per heavy atom. The van der Waals surface area contributed by atoms with Crippen molar-refractivity contribution in [2.45, 2.75) is 13.0 Å². The summed E-state index contributed by atoms with van der Waals surface area (Å²) in [6, 6.07) is 12.6. The number of aryl methyl sites for hydroxylation is 1. The summed E-state index contributed by atoms with van der Waals surface area (Å²) < 4.78 is 10.7. The molecule has 2 heterocycles. The minimum absolute atomic E-state index is 0.0384. The molecule has 0 fully saturated rings. The van der Waals surface area contributed by atoms with Gasteiger partial charge in [0, 0.05) is 17.8 Å². The van der Waals surface area contributed by atoms with E-state index in [0.29, 0.717) is 17.2 Å². The molecule has 0 aliphatic carbocycles. The summed E-state index contributed by atoms with van der Waals surface area (Å²) in [7, 11) is 0. The number of anilines is 1. The van der Waals surface area contributed by atoms with Crippen molar-refractivity contribution in [3.05, 3.63) is 65.4 Å². The molecule has 0 bridgehead atoms. The van der Waals surface area contributed by atoms with E-state index in [0.717, 1.165) is 11.1 Å². The topological polar surface area (TPSA) is 59.0 Å². The van der Waals surface area contributed by atoms with Gasteiger partial charge in [0.15, 0.2) is 11.5 Å². The van der Waals surface area contributed by atoms with Crippen molar-refractivity contribution in [1.29, 1.82) is 0 Å². The smallest absolute Gasteiger partial charge is 0.255 e. The van der Waals surface area contributed by atoms with Crippen molar-refractivity contribution in [1.82, 2.24) is 0 Å². The molecule has 1 atom stereocenters. The van der Waals surface area contributed by atoms with Crippen molar-refractivity contribution in [3.63, 3.8) is 0 Å². The first kappa shape index (κ1) is 13.7. The highest BCUT2D eigenvalue weighted by molar-refractivity contribution is 6.05. The average molecular weight is 309 g/mol. The van der Waals surface area contributed by atoms with Crippen LogP contribution in [0.3, 0.4) is 0 Å². The number of carbonyl (C=O) groups excluding carboxylic acids is 1. The molecule has 0 saturated heterocycles. The Hall–Kier alpha value is -2.95. The molecule has 1 amide bonds. The van der Waals surface area contributed by atoms with E-state index in [-0.39, 0.29) is 18.5 Å². The third-order valence-electron chi connectivity index (χ3n) is 4.07. The molecule has 116 valence electrons. The maximum atomic E-state index is 12.4. The molecule has 2 aliphatic heterocycles. The number of ether oxygens (including phenoxy) is 2. The number of carbonyl (C=O) groups is 1. The van der Waals surface area contributed by atoms with Gasteiger partial charge in [-0.25, -0.2) is 0 Å². The predicted octanol–water partition coefficient (Wildman–Crippen LogP) is 3.25. The van der Waals surface area contributed by atoms with Gasteiger partial charge in [-0.1, -0.05) is 29.8 Å². The molecular formula is C18H15NO4. The van der Waals surface area contributed by atoms with Gasteiger partial charge >= 0.3 is 0 Å². The van der Waals surface area contributed by atoms with Crippen LogP contribution >= 0.6 is 0 Å². The third-order valence-corrected chi connectivity index (χ3v) is 4.07. The number of aliphatic hydroxyl groups is 1. The molecule has 1 unspecified atom stereocenters. The highest BCUT2D eigenvalue weighted by atomic mass is 16.7. The average Bonchev–Trinajstić information content (AvgIpc) is 3.11. The number of aliphatic hydroxyl groups excluding tert-OH is 1. The van der Waals surface area contributed by atoms with Crippen molar-refractivity contribution in [3.8, 4) is 11.5 Å². The van der Waals surface area contributed by atoms with Gasteiger partial charge in [-0.2, -0.15) is 0 Å². The lowest BCUT2D eigenvalue weighted by Crippen LogP contribution is -2.29. The van der Waals surface area contributed by atoms with Crippen LogP contribution in [0.1, 0.15) is 17.2 Å². The van der Waals surface area contributed by atoms with Crippen LogP contribution in [0.4, 0.5) is 5.69 Å². The van der Waals surface area contributed by atoms with E-state index in [4.69, 9.17) is 9.47 Å². The lowest BCUT2D eigenvalue weighted by atomic mass is 10.0. The molecule has 0 spiro atoms. The van der Waals surface area contributed by atoms with Crippen LogP contribution in [0, 0.1) is 6.92 Å². The van der Waals surface area contributed by atoms with E-state index in [1.54, 1.807) is 23.1 Å². The summed E-state index contributed by atoms with van der Waals surface area (Å²) in [6.45, 7) is 2.17. The molecule has 1 N–H and O–H groups in total. The van der Waals surface area contributed by atoms with Gasteiger partial charge in [-0.3, -0.25) is 9.69 Å². The molecule has 4 rings (SSSR count). The van der Waals surface area contributed by atoms with Crippen LogP contribution in [0.15, 0.2) is 54.3 Å². The van der Waals surface area contributed by atoms with Crippen LogP contribution in [0.25, 0.3) is 0 Å². The zero-order chi connectivity index (χ0) is 16.0. The van der Waals surface area contributed by atoms with Crippen molar-refractivity contribution < 1.29 is 19.4 Å². The molecular weight excluding hydrogens is 294 g/mol. The van der Waals surface area contributed by atoms with Gasteiger partial charge in [-0.05, 0) is 24.6 Å². The number of benzene rings is 2. The number of amides is 1. The van der Waals surface area contributed by atoms with E-state index < -0.39 is 6.04 Å². The highest BCUT2D eigenvalue weighted by Crippen LogP contribution is 2.41. The van der Waals surface area contributed by atoms with E-state index in [1.165, 1.54) is 6.08 Å². The molecule has 5 nitrogen and oxygen atoms in total. The second-order valence-corrected chi connectivity index (χ2v) is 5.63. The normalized spacial score (nSPS) is 19.2. The minimum atomic E-state index is -0.525. The summed E-state index contributed by atoms with van der Waals surface area (Å²) in [6.07, 6.45) is 1.26. The first-order valence-corrected chi connectivity index (χ1v) is 7.33. The SMILES string of the molecule is Cc1ccc(C2C(O)=CC(=O)N2c2ccc3c(c2)OCO3)cc1. The van der Waals surface area contributed by atoms with E-state index in [9.17, 15) is 9.90 Å². The van der Waals surface area contributed by atoms with E-state index in [1.807, 2.05) is 31.2 Å². The Morgan fingerprint density at radius 2 is 1.83 bits per heavy atom. The Balaban J connectivity index is 1.76. The first-order valence-electron chi connectivity index (χ1n) is 7.33. The summed E-state index contributed by atoms with van der Waals surface area (Å²) in [4.78, 5) is 13.9. The molecule has 5 heteroatoms.